The van der Waals surface area contributed by atoms with Gasteiger partial charge in [-0.25, -0.2) is 0 Å². The fourth-order valence-electron chi connectivity index (χ4n) is 14.0. The van der Waals surface area contributed by atoms with Gasteiger partial charge in [0.15, 0.2) is 0 Å². The van der Waals surface area contributed by atoms with Crippen LogP contribution < -0.4 is 18.9 Å². The highest BCUT2D eigenvalue weighted by Gasteiger charge is 2.20. The number of hydrogen-bond acceptors (Lipinski definition) is 7. The molecule has 0 aliphatic heterocycles. The van der Waals surface area contributed by atoms with Crippen LogP contribution in [0.3, 0.4) is 0 Å². The van der Waals surface area contributed by atoms with E-state index in [0.29, 0.717) is 39.6 Å². The molecule has 2 aromatic rings. The third-order valence-corrected chi connectivity index (χ3v) is 20.6. The van der Waals surface area contributed by atoms with Gasteiger partial charge in [-0.3, -0.25) is 0 Å². The molecule has 0 heterocycles. The van der Waals surface area contributed by atoms with Crippen LogP contribution in [-0.4, -0.2) is 116 Å². The summed E-state index contributed by atoms with van der Waals surface area (Å²) in [4.78, 5) is 0. The zero-order chi connectivity index (χ0) is 71.2. The highest BCUT2D eigenvalue weighted by Crippen LogP contribution is 2.29. The molecule has 0 unspecified atom stereocenters. The lowest BCUT2D eigenvalue weighted by Crippen LogP contribution is -2.41. The van der Waals surface area contributed by atoms with Gasteiger partial charge in [0.25, 0.3) is 0 Å². The van der Waals surface area contributed by atoms with E-state index in [2.05, 4.69) is 92.3 Å². The van der Waals surface area contributed by atoms with Gasteiger partial charge in [0, 0.05) is 23.3 Å². The first-order chi connectivity index (χ1) is 48.6. The van der Waals surface area contributed by atoms with Crippen molar-refractivity contribution in [3.63, 3.8) is 0 Å². The smallest absolute Gasteiger partial charge is 0.123 e. The predicted octanol–water partition coefficient (Wildman–Crippen LogP) is 27.0. The van der Waals surface area contributed by atoms with Crippen LogP contribution in [0.4, 0.5) is 0 Å². The van der Waals surface area contributed by atoms with Gasteiger partial charge in [0.05, 0.1) is 94.3 Å². The van der Waals surface area contributed by atoms with Gasteiger partial charge >= 0.3 is 0 Å². The van der Waals surface area contributed by atoms with Crippen molar-refractivity contribution in [2.45, 2.75) is 400 Å². The van der Waals surface area contributed by atoms with Gasteiger partial charge < -0.3 is 42.1 Å². The van der Waals surface area contributed by atoms with E-state index in [4.69, 9.17) is 33.2 Å². The van der Waals surface area contributed by atoms with Crippen molar-refractivity contribution in [2.75, 3.05) is 107 Å². The second kappa shape index (κ2) is 69.8. The fraction of sp³-hybridized carbons (Fsp3) is 0.867. The molecule has 0 aliphatic carbocycles. The van der Waals surface area contributed by atoms with Crippen molar-refractivity contribution in [3.05, 3.63) is 47.5 Å². The first kappa shape index (κ1) is 92.5. The van der Waals surface area contributed by atoms with Gasteiger partial charge in [-0.15, -0.1) is 0 Å². The number of quaternary nitrogens is 2. The molecule has 9 nitrogen and oxygen atoms in total. The Kier molecular flexibility index (Phi) is 65.2. The monoisotopic (exact) mass is 1390 g/mol. The Hall–Kier alpha value is -2.56. The van der Waals surface area contributed by atoms with E-state index in [0.717, 1.165) is 110 Å². The maximum absolute atomic E-state index is 6.48. The van der Waals surface area contributed by atoms with Gasteiger partial charge in [-0.05, 0) is 49.9 Å². The van der Waals surface area contributed by atoms with Gasteiger partial charge in [-0.1, -0.05) is 362 Å². The van der Waals surface area contributed by atoms with E-state index in [1.54, 1.807) is 0 Å². The second-order valence-electron chi connectivity index (χ2n) is 31.9. The Morgan fingerprint density at radius 3 is 0.535 bits per heavy atom. The Balaban J connectivity index is 1.77. The zero-order valence-electron chi connectivity index (χ0n) is 67.7. The minimum Gasteiger partial charge on any atom is -0.493 e. The first-order valence-corrected chi connectivity index (χ1v) is 43.8. The summed E-state index contributed by atoms with van der Waals surface area (Å²) in [6.07, 6.45) is 76.4. The molecule has 0 saturated carbocycles. The van der Waals surface area contributed by atoms with Gasteiger partial charge in [0.1, 0.15) is 49.2 Å². The molecule has 99 heavy (non-hydrogen) atoms. The average Bonchev–Trinajstić information content (AvgIpc) is 0.867. The number of rotatable bonds is 80. The minimum absolute atomic E-state index is 0.568. The van der Waals surface area contributed by atoms with Crippen LogP contribution in [0.5, 0.6) is 23.0 Å². The molecular weight excluding hydrogens is 1220 g/mol. The lowest BCUT2D eigenvalue weighted by molar-refractivity contribution is -0.904. The average molecular weight is 1390 g/mol. The Morgan fingerprint density at radius 2 is 0.354 bits per heavy atom. The summed E-state index contributed by atoms with van der Waals surface area (Å²) in [5.41, 5.74) is 2.52. The molecule has 0 aliphatic rings. The third kappa shape index (κ3) is 62.5. The number of unbranched alkanes of at least 4 members (excludes halogenated alkanes) is 52. The van der Waals surface area contributed by atoms with Crippen LogP contribution in [0.15, 0.2) is 36.4 Å². The van der Waals surface area contributed by atoms with Crippen molar-refractivity contribution in [1.29, 1.82) is 0 Å². The standard InChI is InChI=1S/C90H170N2O7/c1-9-13-17-21-25-29-33-37-41-45-49-53-57-61-67-96-87-77-85(78-88(81-87)97-68-62-58-54-50-46-42-38-34-30-26-22-18-14-10-2)83-91(5,6)65-71-93-73-75-95-76-74-94-72-66-92(7,8)84-86-79-89(98-69-63-59-55-51-47-43-39-35-31-27-23-19-15-11-3)82-90(80-86)99-70-64-60-56-52-48-44-40-36-32-28-24-20-16-12-4/h77-82H,9-76,83-84H2,1-8H3/q+2. The molecular formula is C90H170N2O7+2. The molecule has 9 heteroatoms. The number of likely N-dealkylation sites (N-methyl/N-ethyl adjacent to an activating group) is 2. The molecule has 0 fully saturated rings. The van der Waals surface area contributed by atoms with E-state index in [1.165, 1.54) is 345 Å². The summed E-state index contributed by atoms with van der Waals surface area (Å²) in [7, 11) is 9.21. The van der Waals surface area contributed by atoms with E-state index in [9.17, 15) is 0 Å². The Morgan fingerprint density at radius 1 is 0.192 bits per heavy atom. The van der Waals surface area contributed by atoms with Crippen molar-refractivity contribution in [2.24, 2.45) is 0 Å². The van der Waals surface area contributed by atoms with Crippen LogP contribution >= 0.6 is 0 Å². The molecule has 0 aromatic heterocycles. The molecule has 0 radical (unpaired) electrons. The largest absolute Gasteiger partial charge is 0.493 e. The normalized spacial score (nSPS) is 12.0. The first-order valence-electron chi connectivity index (χ1n) is 43.8. The van der Waals surface area contributed by atoms with Crippen LogP contribution in [0.25, 0.3) is 0 Å². The molecule has 0 atom stereocenters. The summed E-state index contributed by atoms with van der Waals surface area (Å²) in [5.74, 6) is 3.78. The van der Waals surface area contributed by atoms with Gasteiger partial charge in [0.2, 0.25) is 0 Å². The SMILES string of the molecule is CCCCCCCCCCCCCCCCOc1cc(C[N+](C)(C)CCOCCOCCOCC[N+](C)(C)Cc2cc(OCCCCCCCCCCCCCCCC)cc(OCCCCCCCCCCCCCCCC)c2)cc(OCCCCCCCCCCCCCCCC)c1. The molecule has 580 valence electrons. The number of hydrogen-bond donors (Lipinski definition) is 0. The molecule has 2 aromatic carbocycles. The van der Waals surface area contributed by atoms with E-state index < -0.39 is 0 Å². The van der Waals surface area contributed by atoms with Crippen LogP contribution in [0.1, 0.15) is 398 Å². The van der Waals surface area contributed by atoms with E-state index in [1.807, 2.05) is 0 Å². The highest BCUT2D eigenvalue weighted by molar-refractivity contribution is 5.39. The molecule has 0 spiro atoms. The summed E-state index contributed by atoms with van der Waals surface area (Å²) in [6, 6.07) is 13.3. The summed E-state index contributed by atoms with van der Waals surface area (Å²) >= 11 is 0. The van der Waals surface area contributed by atoms with Crippen molar-refractivity contribution >= 4 is 0 Å². The molecule has 0 bridgehead atoms. The highest BCUT2D eigenvalue weighted by atomic mass is 16.5. The number of benzene rings is 2. The van der Waals surface area contributed by atoms with E-state index in [-0.39, 0.29) is 0 Å². The van der Waals surface area contributed by atoms with Crippen molar-refractivity contribution < 1.29 is 42.1 Å². The maximum atomic E-state index is 6.48. The topological polar surface area (TPSA) is 64.6 Å². The lowest BCUT2D eigenvalue weighted by Gasteiger charge is -2.30. The van der Waals surface area contributed by atoms with Crippen molar-refractivity contribution in [3.8, 4) is 23.0 Å². The van der Waals surface area contributed by atoms with Crippen LogP contribution in [-0.2, 0) is 27.3 Å². The predicted molar refractivity (Wildman–Crippen MR) is 430 cm³/mol. The quantitative estimate of drug-likeness (QED) is 0.0483. The van der Waals surface area contributed by atoms with Crippen LogP contribution in [0.2, 0.25) is 0 Å². The summed E-state index contributed by atoms with van der Waals surface area (Å²) < 4.78 is 45.8. The number of nitrogens with zero attached hydrogens (tertiary/aromatic N) is 2. The zero-order valence-corrected chi connectivity index (χ0v) is 67.7. The van der Waals surface area contributed by atoms with Gasteiger partial charge in [-0.2, -0.15) is 0 Å². The third-order valence-electron chi connectivity index (χ3n) is 20.6. The Labute approximate surface area is 617 Å². The Bertz CT molecular complexity index is 1740. The summed E-state index contributed by atoms with van der Waals surface area (Å²) in [6.45, 7) is 19.5. The van der Waals surface area contributed by atoms with Crippen molar-refractivity contribution in [1.82, 2.24) is 0 Å². The maximum Gasteiger partial charge on any atom is 0.123 e. The van der Waals surface area contributed by atoms with Crippen LogP contribution in [0, 0.1) is 0 Å². The fourth-order valence-corrected chi connectivity index (χ4v) is 14.0. The second-order valence-corrected chi connectivity index (χ2v) is 31.9. The molecule has 2 rings (SSSR count). The summed E-state index contributed by atoms with van der Waals surface area (Å²) in [5, 5.41) is 0. The molecule has 0 N–H and O–H groups in total. The minimum atomic E-state index is 0.568. The van der Waals surface area contributed by atoms with E-state index >= 15 is 0 Å². The number of ether oxygens (including phenoxy) is 7. The molecule has 0 amide bonds. The lowest BCUT2D eigenvalue weighted by atomic mass is 10.0. The molecule has 0 saturated heterocycles.